The number of nitrogens with two attached hydrogens (primary N) is 1. The highest BCUT2D eigenvalue weighted by Crippen LogP contribution is 2.18. The molecule has 1 heterocycles. The fourth-order valence-electron chi connectivity index (χ4n) is 1.06. The summed E-state index contributed by atoms with van der Waals surface area (Å²) in [6.07, 6.45) is 0. The number of amidine groups is 1. The Morgan fingerprint density at radius 3 is 2.86 bits per heavy atom. The Labute approximate surface area is 84.7 Å². The molecule has 1 aromatic rings. The van der Waals surface area contributed by atoms with E-state index in [9.17, 15) is 4.39 Å². The molecular formula is C8H6ClFN3O. The largest absolute Gasteiger partial charge is 0.360 e. The van der Waals surface area contributed by atoms with Crippen molar-refractivity contribution in [2.24, 2.45) is 11.0 Å². The third-order valence-electron chi connectivity index (χ3n) is 1.72. The first-order valence-electron chi connectivity index (χ1n) is 3.75. The Morgan fingerprint density at radius 2 is 2.29 bits per heavy atom. The summed E-state index contributed by atoms with van der Waals surface area (Å²) in [5, 5.41) is 4.82. The van der Waals surface area contributed by atoms with Crippen LogP contribution in [0.3, 0.4) is 0 Å². The molecule has 0 saturated carbocycles. The van der Waals surface area contributed by atoms with Gasteiger partial charge < -0.3 is 4.84 Å². The van der Waals surface area contributed by atoms with Crippen molar-refractivity contribution in [3.8, 4) is 0 Å². The summed E-state index contributed by atoms with van der Waals surface area (Å²) >= 11 is 5.52. The van der Waals surface area contributed by atoms with Gasteiger partial charge >= 0.3 is 0 Å². The summed E-state index contributed by atoms with van der Waals surface area (Å²) in [6, 6.07) is 4.27. The van der Waals surface area contributed by atoms with Crippen molar-refractivity contribution in [1.82, 2.24) is 5.01 Å². The van der Waals surface area contributed by atoms with Crippen LogP contribution in [0.1, 0.15) is 5.56 Å². The summed E-state index contributed by atoms with van der Waals surface area (Å²) in [4.78, 5) is 4.60. The van der Waals surface area contributed by atoms with Gasteiger partial charge in [0.05, 0.1) is 5.02 Å². The third kappa shape index (κ3) is 1.51. The van der Waals surface area contributed by atoms with E-state index < -0.39 is 5.82 Å². The van der Waals surface area contributed by atoms with Gasteiger partial charge in [0.1, 0.15) is 5.82 Å². The van der Waals surface area contributed by atoms with E-state index in [2.05, 4.69) is 9.99 Å². The zero-order chi connectivity index (χ0) is 10.1. The molecule has 1 aromatic carbocycles. The van der Waals surface area contributed by atoms with Gasteiger partial charge in [0, 0.05) is 5.56 Å². The van der Waals surface area contributed by atoms with Crippen molar-refractivity contribution < 1.29 is 9.23 Å². The lowest BCUT2D eigenvalue weighted by Crippen LogP contribution is -2.31. The molecule has 0 bridgehead atoms. The Morgan fingerprint density at radius 1 is 1.50 bits per heavy atom. The number of rotatable bonds is 1. The van der Waals surface area contributed by atoms with Gasteiger partial charge in [-0.1, -0.05) is 16.8 Å². The standard InChI is InChI=1S/C8H6ClFN3O/c9-6-2-1-5(3-7(6)10)8-12-14-4-13(8)11/h1-4H,11H2. The number of nitrogens with zero attached hydrogens (tertiary/aromatic N) is 2. The quantitative estimate of drug-likeness (QED) is 0.721. The average molecular weight is 215 g/mol. The van der Waals surface area contributed by atoms with Crippen LogP contribution < -0.4 is 5.84 Å². The van der Waals surface area contributed by atoms with Crippen molar-refractivity contribution in [2.75, 3.05) is 0 Å². The predicted molar refractivity (Wildman–Crippen MR) is 49.4 cm³/mol. The monoisotopic (exact) mass is 214 g/mol. The molecule has 2 rings (SSSR count). The SMILES string of the molecule is NN1[CH]ON=C1c1ccc(Cl)c(F)c1. The second-order valence-corrected chi connectivity index (χ2v) is 3.07. The lowest BCUT2D eigenvalue weighted by Gasteiger charge is -2.08. The molecule has 0 aliphatic carbocycles. The van der Waals surface area contributed by atoms with Crippen LogP contribution in [-0.2, 0) is 4.84 Å². The molecule has 1 aliphatic heterocycles. The van der Waals surface area contributed by atoms with E-state index >= 15 is 0 Å². The van der Waals surface area contributed by atoms with Gasteiger partial charge in [-0.2, -0.15) is 0 Å². The molecule has 0 atom stereocenters. The fourth-order valence-corrected chi connectivity index (χ4v) is 1.18. The minimum Gasteiger partial charge on any atom is -0.360 e. The highest BCUT2D eigenvalue weighted by molar-refractivity contribution is 6.30. The van der Waals surface area contributed by atoms with Crippen LogP contribution in [-0.4, -0.2) is 10.8 Å². The first-order valence-corrected chi connectivity index (χ1v) is 4.13. The summed E-state index contributed by atoms with van der Waals surface area (Å²) in [5.74, 6) is 5.28. The van der Waals surface area contributed by atoms with Gasteiger partial charge in [-0.25, -0.2) is 15.2 Å². The van der Waals surface area contributed by atoms with Crippen molar-refractivity contribution in [3.63, 3.8) is 0 Å². The molecule has 6 heteroatoms. The van der Waals surface area contributed by atoms with Crippen LogP contribution in [0.5, 0.6) is 0 Å². The zero-order valence-corrected chi connectivity index (χ0v) is 7.70. The highest BCUT2D eigenvalue weighted by atomic mass is 35.5. The summed E-state index contributed by atoms with van der Waals surface area (Å²) in [6.45, 7) is 1.21. The molecule has 0 saturated heterocycles. The molecule has 0 aromatic heterocycles. The van der Waals surface area contributed by atoms with Gasteiger partial charge in [-0.15, -0.1) is 0 Å². The normalized spacial score (nSPS) is 15.4. The lowest BCUT2D eigenvalue weighted by molar-refractivity contribution is 0.185. The van der Waals surface area contributed by atoms with E-state index in [0.717, 1.165) is 5.01 Å². The van der Waals surface area contributed by atoms with Crippen LogP contribution >= 0.6 is 11.6 Å². The van der Waals surface area contributed by atoms with Crippen LogP contribution in [0.25, 0.3) is 0 Å². The third-order valence-corrected chi connectivity index (χ3v) is 2.03. The van der Waals surface area contributed by atoms with Gasteiger partial charge in [-0.3, -0.25) is 0 Å². The minimum atomic E-state index is -0.521. The summed E-state index contributed by atoms with van der Waals surface area (Å²) in [5.41, 5.74) is 0.503. The summed E-state index contributed by atoms with van der Waals surface area (Å²) < 4.78 is 13.1. The van der Waals surface area contributed by atoms with Crippen LogP contribution in [0.15, 0.2) is 23.4 Å². The lowest BCUT2D eigenvalue weighted by atomic mass is 10.2. The maximum absolute atomic E-state index is 13.1. The molecule has 14 heavy (non-hydrogen) atoms. The predicted octanol–water partition coefficient (Wildman–Crippen LogP) is 1.47. The van der Waals surface area contributed by atoms with E-state index in [4.69, 9.17) is 17.4 Å². The van der Waals surface area contributed by atoms with Crippen molar-refractivity contribution in [3.05, 3.63) is 41.3 Å². The van der Waals surface area contributed by atoms with E-state index in [1.807, 2.05) is 0 Å². The van der Waals surface area contributed by atoms with Gasteiger partial charge in [0.15, 0.2) is 5.84 Å². The molecule has 1 aliphatic rings. The minimum absolute atomic E-state index is 0.0563. The highest BCUT2D eigenvalue weighted by Gasteiger charge is 2.19. The Balaban J connectivity index is 2.37. The van der Waals surface area contributed by atoms with Gasteiger partial charge in [-0.05, 0) is 18.2 Å². The first kappa shape index (κ1) is 9.23. The number of halogens is 2. The molecule has 1 radical (unpaired) electrons. The molecule has 73 valence electrons. The zero-order valence-electron chi connectivity index (χ0n) is 6.95. The summed E-state index contributed by atoms with van der Waals surface area (Å²) in [7, 11) is 0. The van der Waals surface area contributed by atoms with Gasteiger partial charge in [0.25, 0.3) is 6.73 Å². The van der Waals surface area contributed by atoms with E-state index in [-0.39, 0.29) is 5.02 Å². The van der Waals surface area contributed by atoms with E-state index in [1.165, 1.54) is 18.9 Å². The topological polar surface area (TPSA) is 50.8 Å². The molecule has 0 amide bonds. The molecule has 0 unspecified atom stereocenters. The fraction of sp³-hybridized carbons (Fsp3) is 0. The molecule has 0 spiro atoms. The molecule has 4 nitrogen and oxygen atoms in total. The van der Waals surface area contributed by atoms with Crippen LogP contribution in [0.2, 0.25) is 5.02 Å². The maximum Gasteiger partial charge on any atom is 0.274 e. The second kappa shape index (κ2) is 3.43. The number of hydrogen-bond donors (Lipinski definition) is 1. The molecular weight excluding hydrogens is 209 g/mol. The van der Waals surface area contributed by atoms with E-state index in [1.54, 1.807) is 6.07 Å². The average Bonchev–Trinajstić information content (AvgIpc) is 2.57. The smallest absolute Gasteiger partial charge is 0.274 e. The molecule has 2 N–H and O–H groups in total. The van der Waals surface area contributed by atoms with Crippen molar-refractivity contribution in [1.29, 1.82) is 0 Å². The second-order valence-electron chi connectivity index (χ2n) is 2.66. The van der Waals surface area contributed by atoms with Gasteiger partial charge in [0.2, 0.25) is 0 Å². The Kier molecular flexibility index (Phi) is 2.26. The number of benzene rings is 1. The molecule has 0 fully saturated rings. The van der Waals surface area contributed by atoms with Crippen molar-refractivity contribution >= 4 is 17.4 Å². The maximum atomic E-state index is 13.1. The Bertz CT molecular complexity index is 396. The number of oxime groups is 1. The number of hydrazine groups is 1. The number of hydrogen-bond acceptors (Lipinski definition) is 4. The van der Waals surface area contributed by atoms with Crippen LogP contribution in [0.4, 0.5) is 4.39 Å². The van der Waals surface area contributed by atoms with Crippen LogP contribution in [0, 0.1) is 12.5 Å². The Hall–Kier alpha value is -1.33. The first-order chi connectivity index (χ1) is 6.68. The van der Waals surface area contributed by atoms with E-state index in [0.29, 0.717) is 11.4 Å². The van der Waals surface area contributed by atoms with Crippen molar-refractivity contribution in [2.45, 2.75) is 0 Å².